The maximum Gasteiger partial charge on any atom is 0.0939 e. The van der Waals surface area contributed by atoms with Gasteiger partial charge in [-0.05, 0) is 38.6 Å². The fourth-order valence-corrected chi connectivity index (χ4v) is 3.39. The first-order valence-corrected chi connectivity index (χ1v) is 7.82. The van der Waals surface area contributed by atoms with Gasteiger partial charge in [0, 0.05) is 38.9 Å². The van der Waals surface area contributed by atoms with Crippen LogP contribution in [0, 0.1) is 5.92 Å². The SMILES string of the molecule is CCNC(CCOCC)C1CCOC2(CCOC2)C1. The molecule has 0 saturated carbocycles. The summed E-state index contributed by atoms with van der Waals surface area (Å²) in [4.78, 5) is 0. The van der Waals surface area contributed by atoms with Crippen molar-refractivity contribution in [2.45, 2.75) is 51.2 Å². The topological polar surface area (TPSA) is 39.7 Å². The number of nitrogens with one attached hydrogen (secondary N) is 1. The molecule has 0 bridgehead atoms. The van der Waals surface area contributed by atoms with E-state index in [4.69, 9.17) is 14.2 Å². The smallest absolute Gasteiger partial charge is 0.0939 e. The monoisotopic (exact) mass is 271 g/mol. The molecular formula is C15H29NO3. The van der Waals surface area contributed by atoms with Gasteiger partial charge in [0.2, 0.25) is 0 Å². The van der Waals surface area contributed by atoms with Gasteiger partial charge in [0.15, 0.2) is 0 Å². The van der Waals surface area contributed by atoms with Gasteiger partial charge in [-0.15, -0.1) is 0 Å². The summed E-state index contributed by atoms with van der Waals surface area (Å²) in [7, 11) is 0. The van der Waals surface area contributed by atoms with E-state index in [1.807, 2.05) is 0 Å². The molecule has 112 valence electrons. The van der Waals surface area contributed by atoms with E-state index in [1.165, 1.54) is 0 Å². The van der Waals surface area contributed by atoms with Crippen LogP contribution in [0.1, 0.15) is 39.5 Å². The van der Waals surface area contributed by atoms with Gasteiger partial charge >= 0.3 is 0 Å². The molecule has 4 heteroatoms. The molecule has 2 saturated heterocycles. The molecule has 0 radical (unpaired) electrons. The minimum atomic E-state index is 0.0161. The molecule has 19 heavy (non-hydrogen) atoms. The van der Waals surface area contributed by atoms with Gasteiger partial charge in [0.05, 0.1) is 12.2 Å². The van der Waals surface area contributed by atoms with E-state index in [1.54, 1.807) is 0 Å². The van der Waals surface area contributed by atoms with Crippen LogP contribution in [0.5, 0.6) is 0 Å². The third kappa shape index (κ3) is 4.15. The van der Waals surface area contributed by atoms with Crippen molar-refractivity contribution in [3.63, 3.8) is 0 Å². The zero-order valence-corrected chi connectivity index (χ0v) is 12.5. The quantitative estimate of drug-likeness (QED) is 0.719. The molecule has 2 rings (SSSR count). The standard InChI is InChI=1S/C15H29NO3/c1-3-16-14(6-8-17-4-2)13-5-9-19-15(11-13)7-10-18-12-15/h13-14,16H,3-12H2,1-2H3. The fourth-order valence-electron chi connectivity index (χ4n) is 3.39. The van der Waals surface area contributed by atoms with Gasteiger partial charge in [0.1, 0.15) is 0 Å². The van der Waals surface area contributed by atoms with Crippen LogP contribution in [-0.2, 0) is 14.2 Å². The summed E-state index contributed by atoms with van der Waals surface area (Å²) in [5.41, 5.74) is 0.0161. The third-order valence-corrected chi connectivity index (χ3v) is 4.41. The lowest BCUT2D eigenvalue weighted by Crippen LogP contribution is -2.47. The summed E-state index contributed by atoms with van der Waals surface area (Å²) in [6, 6.07) is 0.554. The average Bonchev–Trinajstić information content (AvgIpc) is 2.86. The molecule has 2 aliphatic rings. The van der Waals surface area contributed by atoms with Crippen LogP contribution in [0.2, 0.25) is 0 Å². The Morgan fingerprint density at radius 2 is 2.26 bits per heavy atom. The van der Waals surface area contributed by atoms with Crippen molar-refractivity contribution in [1.82, 2.24) is 5.32 Å². The summed E-state index contributed by atoms with van der Waals surface area (Å²) >= 11 is 0. The summed E-state index contributed by atoms with van der Waals surface area (Å²) in [5.74, 6) is 0.691. The van der Waals surface area contributed by atoms with Gasteiger partial charge < -0.3 is 19.5 Å². The normalized spacial score (nSPS) is 32.8. The van der Waals surface area contributed by atoms with E-state index >= 15 is 0 Å². The summed E-state index contributed by atoms with van der Waals surface area (Å²) in [6.45, 7) is 9.45. The van der Waals surface area contributed by atoms with Crippen molar-refractivity contribution in [3.05, 3.63) is 0 Å². The van der Waals surface area contributed by atoms with Crippen LogP contribution in [0.25, 0.3) is 0 Å². The van der Waals surface area contributed by atoms with Crippen LogP contribution >= 0.6 is 0 Å². The lowest BCUT2D eigenvalue weighted by atomic mass is 9.80. The Morgan fingerprint density at radius 3 is 2.95 bits per heavy atom. The van der Waals surface area contributed by atoms with E-state index < -0.39 is 0 Å². The molecule has 2 fully saturated rings. The first-order valence-electron chi connectivity index (χ1n) is 7.82. The van der Waals surface area contributed by atoms with Crippen LogP contribution < -0.4 is 5.32 Å². The maximum absolute atomic E-state index is 6.03. The number of ether oxygens (including phenoxy) is 3. The van der Waals surface area contributed by atoms with Crippen LogP contribution in [0.3, 0.4) is 0 Å². The van der Waals surface area contributed by atoms with Crippen molar-refractivity contribution in [1.29, 1.82) is 0 Å². The molecule has 2 heterocycles. The van der Waals surface area contributed by atoms with Crippen LogP contribution in [0.4, 0.5) is 0 Å². The second-order valence-corrected chi connectivity index (χ2v) is 5.74. The molecule has 0 aromatic carbocycles. The largest absolute Gasteiger partial charge is 0.382 e. The molecule has 0 amide bonds. The molecule has 0 aromatic rings. The summed E-state index contributed by atoms with van der Waals surface area (Å²) < 4.78 is 17.1. The van der Waals surface area contributed by atoms with Gasteiger partial charge in [-0.2, -0.15) is 0 Å². The van der Waals surface area contributed by atoms with Crippen LogP contribution in [-0.4, -0.2) is 51.2 Å². The molecule has 1 spiro atoms. The number of rotatable bonds is 7. The van der Waals surface area contributed by atoms with Crippen molar-refractivity contribution < 1.29 is 14.2 Å². The predicted molar refractivity (Wildman–Crippen MR) is 75.4 cm³/mol. The molecular weight excluding hydrogens is 242 g/mol. The Hall–Kier alpha value is -0.160. The highest BCUT2D eigenvalue weighted by molar-refractivity contribution is 4.93. The van der Waals surface area contributed by atoms with E-state index in [0.29, 0.717) is 12.0 Å². The van der Waals surface area contributed by atoms with Crippen LogP contribution in [0.15, 0.2) is 0 Å². The first kappa shape index (κ1) is 15.2. The van der Waals surface area contributed by atoms with Crippen molar-refractivity contribution in [2.75, 3.05) is 39.6 Å². The highest BCUT2D eigenvalue weighted by atomic mass is 16.6. The first-order chi connectivity index (χ1) is 9.29. The Labute approximate surface area is 117 Å². The van der Waals surface area contributed by atoms with E-state index in [2.05, 4.69) is 19.2 Å². The second-order valence-electron chi connectivity index (χ2n) is 5.74. The van der Waals surface area contributed by atoms with E-state index in [9.17, 15) is 0 Å². The summed E-state index contributed by atoms with van der Waals surface area (Å²) in [5, 5.41) is 3.64. The van der Waals surface area contributed by atoms with Gasteiger partial charge in [0.25, 0.3) is 0 Å². The minimum absolute atomic E-state index is 0.0161. The van der Waals surface area contributed by atoms with Crippen molar-refractivity contribution >= 4 is 0 Å². The molecule has 0 aromatic heterocycles. The third-order valence-electron chi connectivity index (χ3n) is 4.41. The zero-order valence-electron chi connectivity index (χ0n) is 12.5. The lowest BCUT2D eigenvalue weighted by molar-refractivity contribution is -0.104. The van der Waals surface area contributed by atoms with Gasteiger partial charge in [-0.1, -0.05) is 6.92 Å². The number of hydrogen-bond acceptors (Lipinski definition) is 4. The lowest BCUT2D eigenvalue weighted by Gasteiger charge is -2.40. The Balaban J connectivity index is 1.88. The zero-order chi connectivity index (χ0) is 13.6. The minimum Gasteiger partial charge on any atom is -0.382 e. The molecule has 0 aliphatic carbocycles. The maximum atomic E-state index is 6.03. The molecule has 3 unspecified atom stereocenters. The highest BCUT2D eigenvalue weighted by Crippen LogP contribution is 2.37. The average molecular weight is 271 g/mol. The highest BCUT2D eigenvalue weighted by Gasteiger charge is 2.42. The second kappa shape index (κ2) is 7.58. The Bertz CT molecular complexity index is 254. The molecule has 4 nitrogen and oxygen atoms in total. The van der Waals surface area contributed by atoms with Crippen molar-refractivity contribution in [2.24, 2.45) is 5.92 Å². The number of hydrogen-bond donors (Lipinski definition) is 1. The Kier molecular flexibility index (Phi) is 6.07. The fraction of sp³-hybridized carbons (Fsp3) is 1.00. The van der Waals surface area contributed by atoms with E-state index in [-0.39, 0.29) is 5.60 Å². The predicted octanol–water partition coefficient (Wildman–Crippen LogP) is 1.98. The summed E-state index contributed by atoms with van der Waals surface area (Å²) in [6.07, 6.45) is 4.46. The van der Waals surface area contributed by atoms with Gasteiger partial charge in [-0.25, -0.2) is 0 Å². The molecule has 1 N–H and O–H groups in total. The van der Waals surface area contributed by atoms with Gasteiger partial charge in [-0.3, -0.25) is 0 Å². The molecule has 3 atom stereocenters. The molecule has 2 aliphatic heterocycles. The Morgan fingerprint density at radius 1 is 1.37 bits per heavy atom. The van der Waals surface area contributed by atoms with E-state index in [0.717, 1.165) is 65.3 Å². The van der Waals surface area contributed by atoms with Crippen molar-refractivity contribution in [3.8, 4) is 0 Å².